The van der Waals surface area contributed by atoms with Crippen LogP contribution in [0, 0.1) is 5.82 Å². The van der Waals surface area contributed by atoms with Crippen LogP contribution in [0.3, 0.4) is 0 Å². The molecule has 0 radical (unpaired) electrons. The van der Waals surface area contributed by atoms with E-state index in [1.54, 1.807) is 18.2 Å². The van der Waals surface area contributed by atoms with Crippen molar-refractivity contribution in [1.82, 2.24) is 20.2 Å². The highest BCUT2D eigenvalue weighted by atomic mass is 32.1. The standard InChI is InChI=1S/C25H15F4N5OS/c26-19-7-3-4-15(10-19)13-30-32-23(35)20-14-36-24(31-20)34-21(12-22(33-34)25(27,28)29)18-9-8-16-5-1-2-6-17(16)11-18/h1-14H,(H,32,35). The van der Waals surface area contributed by atoms with E-state index in [2.05, 4.69) is 20.6 Å². The molecule has 36 heavy (non-hydrogen) atoms. The topological polar surface area (TPSA) is 72.2 Å². The number of aromatic nitrogens is 3. The van der Waals surface area contributed by atoms with Crippen molar-refractivity contribution in [2.45, 2.75) is 6.18 Å². The smallest absolute Gasteiger partial charge is 0.266 e. The van der Waals surface area contributed by atoms with E-state index in [-0.39, 0.29) is 16.5 Å². The highest BCUT2D eigenvalue weighted by molar-refractivity contribution is 7.12. The number of hydrogen-bond donors (Lipinski definition) is 1. The number of hydrazone groups is 1. The van der Waals surface area contributed by atoms with Crippen LogP contribution >= 0.6 is 11.3 Å². The van der Waals surface area contributed by atoms with Crippen molar-refractivity contribution >= 4 is 34.2 Å². The van der Waals surface area contributed by atoms with Gasteiger partial charge >= 0.3 is 6.18 Å². The van der Waals surface area contributed by atoms with Gasteiger partial charge in [0.05, 0.1) is 11.9 Å². The van der Waals surface area contributed by atoms with E-state index in [1.807, 2.05) is 30.3 Å². The molecule has 5 rings (SSSR count). The minimum atomic E-state index is -4.67. The normalized spacial score (nSPS) is 11.9. The first-order valence-electron chi connectivity index (χ1n) is 10.5. The number of thiazole rings is 1. The van der Waals surface area contributed by atoms with Crippen molar-refractivity contribution in [3.8, 4) is 16.4 Å². The van der Waals surface area contributed by atoms with E-state index in [0.717, 1.165) is 32.9 Å². The summed E-state index contributed by atoms with van der Waals surface area (Å²) in [5.74, 6) is -1.13. The van der Waals surface area contributed by atoms with E-state index in [4.69, 9.17) is 0 Å². The molecule has 3 aromatic carbocycles. The molecule has 0 saturated heterocycles. The lowest BCUT2D eigenvalue weighted by atomic mass is 10.0. The molecule has 2 aromatic heterocycles. The summed E-state index contributed by atoms with van der Waals surface area (Å²) in [6.07, 6.45) is -3.41. The molecule has 0 atom stereocenters. The van der Waals surface area contributed by atoms with Gasteiger partial charge in [-0.15, -0.1) is 11.3 Å². The fourth-order valence-electron chi connectivity index (χ4n) is 3.50. The molecule has 6 nitrogen and oxygen atoms in total. The Morgan fingerprint density at radius 1 is 1.00 bits per heavy atom. The van der Waals surface area contributed by atoms with Crippen molar-refractivity contribution in [2.24, 2.45) is 5.10 Å². The van der Waals surface area contributed by atoms with E-state index in [9.17, 15) is 22.4 Å². The zero-order chi connectivity index (χ0) is 25.3. The van der Waals surface area contributed by atoms with Gasteiger partial charge in [-0.1, -0.05) is 48.5 Å². The van der Waals surface area contributed by atoms with Crippen LogP contribution in [0.2, 0.25) is 0 Å². The molecule has 1 amide bonds. The van der Waals surface area contributed by atoms with Gasteiger partial charge < -0.3 is 0 Å². The molecule has 0 bridgehead atoms. The summed E-state index contributed by atoms with van der Waals surface area (Å²) < 4.78 is 54.8. The fourth-order valence-corrected chi connectivity index (χ4v) is 4.26. The van der Waals surface area contributed by atoms with Crippen LogP contribution < -0.4 is 5.43 Å². The minimum absolute atomic E-state index is 0.0556. The maximum atomic E-state index is 13.5. The molecule has 0 unspecified atom stereocenters. The first-order chi connectivity index (χ1) is 17.3. The second-order valence-electron chi connectivity index (χ2n) is 7.66. The molecule has 0 aliphatic rings. The number of carbonyl (C=O) groups is 1. The summed E-state index contributed by atoms with van der Waals surface area (Å²) in [5.41, 5.74) is 2.26. The summed E-state index contributed by atoms with van der Waals surface area (Å²) in [4.78, 5) is 16.6. The Morgan fingerprint density at radius 2 is 1.81 bits per heavy atom. The van der Waals surface area contributed by atoms with Gasteiger partial charge in [-0.25, -0.2) is 19.5 Å². The Morgan fingerprint density at radius 3 is 2.58 bits per heavy atom. The van der Waals surface area contributed by atoms with Gasteiger partial charge in [-0.05, 0) is 40.6 Å². The number of halogens is 4. The third-order valence-electron chi connectivity index (χ3n) is 5.18. The number of nitrogens with zero attached hydrogens (tertiary/aromatic N) is 4. The van der Waals surface area contributed by atoms with Gasteiger partial charge in [0.2, 0.25) is 5.13 Å². The number of rotatable bonds is 5. The van der Waals surface area contributed by atoms with Crippen molar-refractivity contribution in [1.29, 1.82) is 0 Å². The summed E-state index contributed by atoms with van der Waals surface area (Å²) in [5, 5.41) is 10.8. The first-order valence-corrected chi connectivity index (χ1v) is 11.4. The predicted octanol–water partition coefficient (Wildman–Crippen LogP) is 6.07. The minimum Gasteiger partial charge on any atom is -0.266 e. The van der Waals surface area contributed by atoms with E-state index < -0.39 is 23.6 Å². The third-order valence-corrected chi connectivity index (χ3v) is 6.00. The van der Waals surface area contributed by atoms with Crippen LogP contribution in [-0.4, -0.2) is 26.9 Å². The largest absolute Gasteiger partial charge is 0.435 e. The number of amides is 1. The summed E-state index contributed by atoms with van der Waals surface area (Å²) in [6, 6.07) is 19.3. The lowest BCUT2D eigenvalue weighted by Crippen LogP contribution is -2.18. The van der Waals surface area contributed by atoms with Crippen molar-refractivity contribution in [3.05, 3.63) is 101 Å². The van der Waals surface area contributed by atoms with Gasteiger partial charge in [0.25, 0.3) is 5.91 Å². The van der Waals surface area contributed by atoms with Gasteiger partial charge in [-0.2, -0.15) is 23.4 Å². The summed E-state index contributed by atoms with van der Waals surface area (Å²) >= 11 is 0.959. The molecular weight excluding hydrogens is 494 g/mol. The number of hydrogen-bond acceptors (Lipinski definition) is 5. The SMILES string of the molecule is O=C(NN=Cc1cccc(F)c1)c1csc(-n2nc(C(F)(F)F)cc2-c2ccc3ccccc3c2)n1. The average molecular weight is 509 g/mol. The number of benzene rings is 3. The molecular formula is C25H15F4N5OS. The maximum absolute atomic E-state index is 13.5. The van der Waals surface area contributed by atoms with Crippen LogP contribution in [0.5, 0.6) is 0 Å². The second kappa shape index (κ2) is 9.34. The number of alkyl halides is 3. The van der Waals surface area contributed by atoms with Crippen molar-refractivity contribution in [3.63, 3.8) is 0 Å². The van der Waals surface area contributed by atoms with Crippen LogP contribution in [0.1, 0.15) is 21.7 Å². The number of fused-ring (bicyclic) bond motifs is 1. The Balaban J connectivity index is 1.45. The second-order valence-corrected chi connectivity index (χ2v) is 8.49. The van der Waals surface area contributed by atoms with Gasteiger partial charge in [-0.3, -0.25) is 4.79 Å². The molecule has 0 spiro atoms. The maximum Gasteiger partial charge on any atom is 0.435 e. The van der Waals surface area contributed by atoms with Crippen molar-refractivity contribution < 1.29 is 22.4 Å². The molecule has 0 fully saturated rings. The fraction of sp³-hybridized carbons (Fsp3) is 0.0400. The number of carbonyl (C=O) groups excluding carboxylic acids is 1. The lowest BCUT2D eigenvalue weighted by Gasteiger charge is -2.06. The average Bonchev–Trinajstić information content (AvgIpc) is 3.51. The molecule has 1 N–H and O–H groups in total. The van der Waals surface area contributed by atoms with E-state index in [0.29, 0.717) is 11.1 Å². The lowest BCUT2D eigenvalue weighted by molar-refractivity contribution is -0.141. The third kappa shape index (κ3) is 4.86. The highest BCUT2D eigenvalue weighted by Gasteiger charge is 2.35. The highest BCUT2D eigenvalue weighted by Crippen LogP contribution is 2.34. The Hall–Kier alpha value is -4.38. The van der Waals surface area contributed by atoms with Gasteiger partial charge in [0.1, 0.15) is 11.5 Å². The van der Waals surface area contributed by atoms with Crippen LogP contribution in [0.25, 0.3) is 27.2 Å². The number of nitrogens with one attached hydrogen (secondary N) is 1. The van der Waals surface area contributed by atoms with E-state index in [1.165, 1.54) is 29.8 Å². The quantitative estimate of drug-likeness (QED) is 0.178. The Labute approximate surface area is 205 Å². The van der Waals surface area contributed by atoms with Crippen LogP contribution in [-0.2, 0) is 6.18 Å². The van der Waals surface area contributed by atoms with Gasteiger partial charge in [0, 0.05) is 10.9 Å². The summed E-state index contributed by atoms with van der Waals surface area (Å²) in [6.45, 7) is 0. The van der Waals surface area contributed by atoms with Gasteiger partial charge in [0.15, 0.2) is 5.69 Å². The predicted molar refractivity (Wildman–Crippen MR) is 129 cm³/mol. The molecule has 180 valence electrons. The van der Waals surface area contributed by atoms with Crippen molar-refractivity contribution in [2.75, 3.05) is 0 Å². The zero-order valence-electron chi connectivity index (χ0n) is 18.2. The van der Waals surface area contributed by atoms with Crippen LogP contribution in [0.15, 0.2) is 83.3 Å². The van der Waals surface area contributed by atoms with Crippen LogP contribution in [0.4, 0.5) is 17.6 Å². The monoisotopic (exact) mass is 509 g/mol. The molecule has 11 heteroatoms. The Kier molecular flexibility index (Phi) is 6.06. The summed E-state index contributed by atoms with van der Waals surface area (Å²) in [7, 11) is 0. The zero-order valence-corrected chi connectivity index (χ0v) is 19.0. The Bertz CT molecular complexity index is 1610. The molecule has 5 aromatic rings. The molecule has 2 heterocycles. The van der Waals surface area contributed by atoms with E-state index >= 15 is 0 Å². The molecule has 0 aliphatic carbocycles. The first kappa shape index (κ1) is 23.4. The molecule has 0 aliphatic heterocycles. The molecule has 0 saturated carbocycles.